The van der Waals surface area contributed by atoms with Gasteiger partial charge in [-0.15, -0.1) is 0 Å². The summed E-state index contributed by atoms with van der Waals surface area (Å²) in [6, 6.07) is 7.32. The molecule has 11 nitrogen and oxygen atoms in total. The lowest BCUT2D eigenvalue weighted by Gasteiger charge is -2.40. The summed E-state index contributed by atoms with van der Waals surface area (Å²) in [5, 5.41) is 69.9. The van der Waals surface area contributed by atoms with E-state index in [9.17, 15) is 40.5 Å². The smallest absolute Gasteiger partial charge is 0.229 e. The SMILES string of the molecule is C/C(=C\Cc1c(O[C@@H]2O[C@@H](CO)[C@@H](O)[C@H](O)[C@H]2O)cc(O)c2c1O[C@H](c1ccc(O)cc1)CC2=O)CO. The zero-order valence-electron chi connectivity index (χ0n) is 20.0. The molecule has 2 heterocycles. The highest BCUT2D eigenvalue weighted by Gasteiger charge is 2.45. The number of phenols is 2. The number of rotatable bonds is 7. The second kappa shape index (κ2) is 11.1. The molecule has 2 aromatic rings. The van der Waals surface area contributed by atoms with E-state index in [-0.39, 0.29) is 48.0 Å². The molecule has 0 aliphatic carbocycles. The molecule has 0 spiro atoms. The van der Waals surface area contributed by atoms with Crippen LogP contribution in [-0.4, -0.2) is 85.4 Å². The maximum atomic E-state index is 13.1. The monoisotopic (exact) mass is 518 g/mol. The highest BCUT2D eigenvalue weighted by atomic mass is 16.7. The molecule has 1 fully saturated rings. The van der Waals surface area contributed by atoms with E-state index in [0.29, 0.717) is 16.7 Å². The number of carbonyl (C=O) groups excluding carboxylic acids is 1. The van der Waals surface area contributed by atoms with Gasteiger partial charge >= 0.3 is 0 Å². The molecule has 2 aromatic carbocycles. The van der Waals surface area contributed by atoms with Gasteiger partial charge in [-0.05, 0) is 31.0 Å². The minimum Gasteiger partial charge on any atom is -0.508 e. The fourth-order valence-corrected chi connectivity index (χ4v) is 4.32. The first-order valence-electron chi connectivity index (χ1n) is 11.8. The van der Waals surface area contributed by atoms with Crippen molar-refractivity contribution in [2.24, 2.45) is 0 Å². The van der Waals surface area contributed by atoms with Gasteiger partial charge in [0.15, 0.2) is 5.78 Å². The highest BCUT2D eigenvalue weighted by Crippen LogP contribution is 2.46. The molecule has 0 aromatic heterocycles. The number of fused-ring (bicyclic) bond motifs is 1. The molecule has 0 unspecified atom stereocenters. The topological polar surface area (TPSA) is 186 Å². The summed E-state index contributed by atoms with van der Waals surface area (Å²) in [4.78, 5) is 13.1. The van der Waals surface area contributed by atoms with Gasteiger partial charge in [0.1, 0.15) is 59.1 Å². The molecule has 6 atom stereocenters. The van der Waals surface area contributed by atoms with Crippen LogP contribution in [0.5, 0.6) is 23.0 Å². The Morgan fingerprint density at radius 3 is 2.43 bits per heavy atom. The molecular weight excluding hydrogens is 488 g/mol. The fourth-order valence-electron chi connectivity index (χ4n) is 4.32. The number of Topliss-reactive ketones (excluding diaryl/α,β-unsaturated/α-hetero) is 1. The number of aliphatic hydroxyl groups excluding tert-OH is 5. The lowest BCUT2D eigenvalue weighted by atomic mass is 9.92. The Morgan fingerprint density at radius 1 is 1.08 bits per heavy atom. The molecule has 4 rings (SSSR count). The van der Waals surface area contributed by atoms with Crippen LogP contribution in [0.25, 0.3) is 0 Å². The summed E-state index contributed by atoms with van der Waals surface area (Å²) in [6.45, 7) is 0.812. The fraction of sp³-hybridized carbons (Fsp3) is 0.423. The Kier molecular flexibility index (Phi) is 8.02. The molecule has 0 amide bonds. The number of aromatic hydroxyl groups is 2. The lowest BCUT2D eigenvalue weighted by molar-refractivity contribution is -0.277. The van der Waals surface area contributed by atoms with E-state index in [4.69, 9.17) is 14.2 Å². The number of aliphatic hydroxyl groups is 5. The van der Waals surface area contributed by atoms with Crippen molar-refractivity contribution in [2.75, 3.05) is 13.2 Å². The Morgan fingerprint density at radius 2 is 1.78 bits per heavy atom. The summed E-state index contributed by atoms with van der Waals surface area (Å²) in [5.41, 5.74) is 1.47. The number of allylic oxidation sites excluding steroid dienone is 1. The number of ketones is 1. The average Bonchev–Trinajstić information content (AvgIpc) is 2.88. The summed E-state index contributed by atoms with van der Waals surface area (Å²) in [6.07, 6.45) is -6.76. The first-order chi connectivity index (χ1) is 17.6. The molecule has 1 saturated heterocycles. The molecular formula is C26H30O11. The number of ether oxygens (including phenoxy) is 3. The minimum absolute atomic E-state index is 0.0379. The van der Waals surface area contributed by atoms with Gasteiger partial charge in [-0.25, -0.2) is 0 Å². The maximum Gasteiger partial charge on any atom is 0.229 e. The van der Waals surface area contributed by atoms with E-state index in [1.165, 1.54) is 18.2 Å². The molecule has 0 bridgehead atoms. The third kappa shape index (κ3) is 5.42. The van der Waals surface area contributed by atoms with Gasteiger partial charge in [0.2, 0.25) is 6.29 Å². The van der Waals surface area contributed by atoms with Crippen molar-refractivity contribution in [3.05, 3.63) is 58.7 Å². The Bertz CT molecular complexity index is 1160. The Balaban J connectivity index is 1.77. The van der Waals surface area contributed by atoms with Crippen LogP contribution in [0.4, 0.5) is 0 Å². The first kappa shape index (κ1) is 26.9. The van der Waals surface area contributed by atoms with Crippen LogP contribution < -0.4 is 9.47 Å². The van der Waals surface area contributed by atoms with Gasteiger partial charge in [0.25, 0.3) is 0 Å². The molecule has 2 aliphatic rings. The molecule has 0 radical (unpaired) electrons. The van der Waals surface area contributed by atoms with Crippen LogP contribution in [0.1, 0.15) is 40.9 Å². The Labute approximate surface area is 212 Å². The van der Waals surface area contributed by atoms with E-state index in [0.717, 1.165) is 0 Å². The second-order valence-electron chi connectivity index (χ2n) is 9.13. The zero-order valence-corrected chi connectivity index (χ0v) is 20.0. The van der Waals surface area contributed by atoms with Gasteiger partial charge in [-0.3, -0.25) is 4.79 Å². The van der Waals surface area contributed by atoms with Crippen LogP contribution >= 0.6 is 0 Å². The standard InChI is InChI=1S/C26H30O11/c1-12(10-27)2-7-15-19(36-26-24(34)23(33)22(32)20(11-28)37-26)9-17(31)21-16(30)8-18(35-25(15)21)13-3-5-14(29)6-4-13/h2-6,9,18,20,22-24,26-29,31-34H,7-8,10-11H2,1H3/b12-2+/t18-,20-,22+,23-,24+,26+/m0/s1. The third-order valence-electron chi connectivity index (χ3n) is 6.49. The van der Waals surface area contributed by atoms with E-state index in [1.807, 2.05) is 0 Å². The third-order valence-corrected chi connectivity index (χ3v) is 6.49. The number of phenolic OH excluding ortho intramolecular Hbond substituents is 2. The largest absolute Gasteiger partial charge is 0.508 e. The average molecular weight is 519 g/mol. The van der Waals surface area contributed by atoms with Gasteiger partial charge in [-0.1, -0.05) is 23.8 Å². The van der Waals surface area contributed by atoms with Crippen molar-refractivity contribution in [3.63, 3.8) is 0 Å². The quantitative estimate of drug-likeness (QED) is 0.253. The van der Waals surface area contributed by atoms with Crippen molar-refractivity contribution < 1.29 is 54.8 Å². The van der Waals surface area contributed by atoms with E-state index < -0.39 is 49.2 Å². The Hall–Kier alpha value is -3.19. The van der Waals surface area contributed by atoms with Crippen molar-refractivity contribution >= 4 is 5.78 Å². The maximum absolute atomic E-state index is 13.1. The number of benzene rings is 2. The highest BCUT2D eigenvalue weighted by molar-refractivity contribution is 6.03. The van der Waals surface area contributed by atoms with Gasteiger partial charge < -0.3 is 50.0 Å². The van der Waals surface area contributed by atoms with Crippen molar-refractivity contribution in [1.82, 2.24) is 0 Å². The van der Waals surface area contributed by atoms with Gasteiger partial charge in [0.05, 0.1) is 19.6 Å². The summed E-state index contributed by atoms with van der Waals surface area (Å²) in [7, 11) is 0. The predicted molar refractivity (Wildman–Crippen MR) is 127 cm³/mol. The minimum atomic E-state index is -1.70. The van der Waals surface area contributed by atoms with E-state index in [1.54, 1.807) is 25.1 Å². The number of carbonyl (C=O) groups is 1. The van der Waals surface area contributed by atoms with E-state index in [2.05, 4.69) is 0 Å². The van der Waals surface area contributed by atoms with Gasteiger partial charge in [-0.2, -0.15) is 0 Å². The molecule has 0 saturated carbocycles. The van der Waals surface area contributed by atoms with Gasteiger partial charge in [0, 0.05) is 11.6 Å². The summed E-state index contributed by atoms with van der Waals surface area (Å²) >= 11 is 0. The van der Waals surface area contributed by atoms with Crippen molar-refractivity contribution in [2.45, 2.75) is 56.6 Å². The van der Waals surface area contributed by atoms with Crippen LogP contribution in [0.15, 0.2) is 42.0 Å². The predicted octanol–water partition coefficient (Wildman–Crippen LogP) is 0.464. The van der Waals surface area contributed by atoms with E-state index >= 15 is 0 Å². The van der Waals surface area contributed by atoms with Crippen LogP contribution in [0.2, 0.25) is 0 Å². The summed E-state index contributed by atoms with van der Waals surface area (Å²) < 4.78 is 17.4. The summed E-state index contributed by atoms with van der Waals surface area (Å²) in [5.74, 6) is -0.780. The lowest BCUT2D eigenvalue weighted by Crippen LogP contribution is -2.60. The molecule has 200 valence electrons. The molecule has 2 aliphatic heterocycles. The van der Waals surface area contributed by atoms with Crippen LogP contribution in [0.3, 0.4) is 0 Å². The van der Waals surface area contributed by atoms with Crippen molar-refractivity contribution in [3.8, 4) is 23.0 Å². The van der Waals surface area contributed by atoms with Crippen molar-refractivity contribution in [1.29, 1.82) is 0 Å². The first-order valence-corrected chi connectivity index (χ1v) is 11.8. The van der Waals surface area contributed by atoms with Crippen LogP contribution in [0, 0.1) is 0 Å². The number of hydrogen-bond acceptors (Lipinski definition) is 11. The zero-order chi connectivity index (χ0) is 26.9. The molecule has 37 heavy (non-hydrogen) atoms. The molecule has 11 heteroatoms. The second-order valence-corrected chi connectivity index (χ2v) is 9.13. The molecule has 7 N–H and O–H groups in total. The number of hydrogen-bond donors (Lipinski definition) is 7. The van der Waals surface area contributed by atoms with Crippen LogP contribution in [-0.2, 0) is 11.2 Å². The normalized spacial score (nSPS) is 27.9.